The first kappa shape index (κ1) is 12.7. The second kappa shape index (κ2) is 5.38. The average Bonchev–Trinajstić information content (AvgIpc) is 2.74. The van der Waals surface area contributed by atoms with Gasteiger partial charge in [-0.2, -0.15) is 0 Å². The van der Waals surface area contributed by atoms with E-state index in [9.17, 15) is 0 Å². The van der Waals surface area contributed by atoms with Crippen molar-refractivity contribution in [2.24, 2.45) is 11.8 Å². The van der Waals surface area contributed by atoms with Crippen LogP contribution in [0, 0.1) is 11.8 Å². The van der Waals surface area contributed by atoms with Gasteiger partial charge in [-0.15, -0.1) is 0 Å². The van der Waals surface area contributed by atoms with Gasteiger partial charge in [-0.1, -0.05) is 23.2 Å². The van der Waals surface area contributed by atoms with Gasteiger partial charge < -0.3 is 5.32 Å². The van der Waals surface area contributed by atoms with E-state index in [-0.39, 0.29) is 0 Å². The van der Waals surface area contributed by atoms with Crippen LogP contribution in [0.1, 0.15) is 12.0 Å². The third kappa shape index (κ3) is 2.83. The molecule has 0 amide bonds. The Morgan fingerprint density at radius 1 is 1.11 bits per heavy atom. The first-order valence-electron chi connectivity index (χ1n) is 6.59. The largest absolute Gasteiger partial charge is 0.316 e. The number of hydrogen-bond donors (Lipinski definition) is 1. The minimum Gasteiger partial charge on any atom is -0.316 e. The van der Waals surface area contributed by atoms with Crippen LogP contribution in [0.4, 0.5) is 0 Å². The van der Waals surface area contributed by atoms with E-state index in [1.165, 1.54) is 38.2 Å². The highest BCUT2D eigenvalue weighted by atomic mass is 35.5. The molecule has 3 rings (SSSR count). The molecule has 0 spiro atoms. The summed E-state index contributed by atoms with van der Waals surface area (Å²) >= 11 is 12.1. The number of fused-ring (bicyclic) bond motifs is 1. The van der Waals surface area contributed by atoms with E-state index in [1.54, 1.807) is 6.07 Å². The van der Waals surface area contributed by atoms with Gasteiger partial charge in [0.2, 0.25) is 0 Å². The van der Waals surface area contributed by atoms with Gasteiger partial charge in [0, 0.05) is 23.1 Å². The van der Waals surface area contributed by atoms with Gasteiger partial charge in [0.05, 0.1) is 0 Å². The first-order valence-corrected chi connectivity index (χ1v) is 7.34. The highest BCUT2D eigenvalue weighted by Gasteiger charge is 2.32. The van der Waals surface area contributed by atoms with Crippen LogP contribution in [0.25, 0.3) is 0 Å². The molecule has 0 aliphatic carbocycles. The van der Waals surface area contributed by atoms with E-state index >= 15 is 0 Å². The maximum absolute atomic E-state index is 6.04. The van der Waals surface area contributed by atoms with Crippen LogP contribution in [0.3, 0.4) is 0 Å². The van der Waals surface area contributed by atoms with Crippen molar-refractivity contribution in [1.29, 1.82) is 0 Å². The summed E-state index contributed by atoms with van der Waals surface area (Å²) in [6.07, 6.45) is 1.31. The second-order valence-electron chi connectivity index (χ2n) is 5.48. The monoisotopic (exact) mass is 284 g/mol. The smallest absolute Gasteiger partial charge is 0.0424 e. The minimum atomic E-state index is 0.731. The van der Waals surface area contributed by atoms with E-state index in [0.29, 0.717) is 0 Å². The third-order valence-corrected chi connectivity index (χ3v) is 4.55. The number of halogens is 2. The van der Waals surface area contributed by atoms with Crippen LogP contribution >= 0.6 is 23.2 Å². The number of benzene rings is 1. The summed E-state index contributed by atoms with van der Waals surface area (Å²) in [7, 11) is 0. The van der Waals surface area contributed by atoms with Crippen molar-refractivity contribution in [1.82, 2.24) is 10.2 Å². The molecule has 0 saturated carbocycles. The summed E-state index contributed by atoms with van der Waals surface area (Å²) in [5.41, 5.74) is 1.22. The molecule has 4 heteroatoms. The quantitative estimate of drug-likeness (QED) is 0.898. The summed E-state index contributed by atoms with van der Waals surface area (Å²) in [5.74, 6) is 1.72. The molecular weight excluding hydrogens is 267 g/mol. The number of nitrogens with zero attached hydrogens (tertiary/aromatic N) is 1. The molecule has 1 aromatic carbocycles. The molecule has 0 bridgehead atoms. The summed E-state index contributed by atoms with van der Waals surface area (Å²) < 4.78 is 0. The SMILES string of the molecule is Clc1cc(Cl)cc(CN2CCC3CNCC3C2)c1. The first-order chi connectivity index (χ1) is 8.70. The molecule has 2 atom stereocenters. The van der Waals surface area contributed by atoms with Crippen LogP contribution < -0.4 is 5.32 Å². The molecule has 2 nitrogen and oxygen atoms in total. The third-order valence-electron chi connectivity index (χ3n) is 4.12. The molecule has 2 heterocycles. The summed E-state index contributed by atoms with van der Waals surface area (Å²) in [4.78, 5) is 2.52. The zero-order chi connectivity index (χ0) is 12.5. The molecule has 1 N–H and O–H groups in total. The number of likely N-dealkylation sites (tertiary alicyclic amines) is 1. The summed E-state index contributed by atoms with van der Waals surface area (Å²) in [5, 5.41) is 4.96. The van der Waals surface area contributed by atoms with Crippen LogP contribution in [0.2, 0.25) is 10.0 Å². The Hall–Kier alpha value is -0.280. The van der Waals surface area contributed by atoms with Crippen LogP contribution in [0.15, 0.2) is 18.2 Å². The Morgan fingerprint density at radius 2 is 1.83 bits per heavy atom. The molecule has 0 aromatic heterocycles. The summed E-state index contributed by atoms with van der Waals surface area (Å²) in [6, 6.07) is 5.83. The van der Waals surface area contributed by atoms with Crippen LogP contribution in [-0.2, 0) is 6.54 Å². The van der Waals surface area contributed by atoms with Crippen molar-refractivity contribution in [3.63, 3.8) is 0 Å². The molecule has 2 fully saturated rings. The van der Waals surface area contributed by atoms with E-state index in [4.69, 9.17) is 23.2 Å². The number of hydrogen-bond acceptors (Lipinski definition) is 2. The number of rotatable bonds is 2. The molecule has 18 heavy (non-hydrogen) atoms. The fraction of sp³-hybridized carbons (Fsp3) is 0.571. The van der Waals surface area contributed by atoms with Gasteiger partial charge >= 0.3 is 0 Å². The van der Waals surface area contributed by atoms with Gasteiger partial charge in [0.15, 0.2) is 0 Å². The number of nitrogens with one attached hydrogen (secondary N) is 1. The van der Waals surface area contributed by atoms with Gasteiger partial charge in [0.1, 0.15) is 0 Å². The lowest BCUT2D eigenvalue weighted by molar-refractivity contribution is 0.142. The van der Waals surface area contributed by atoms with Crippen LogP contribution in [-0.4, -0.2) is 31.1 Å². The molecule has 1 aromatic rings. The van der Waals surface area contributed by atoms with E-state index < -0.39 is 0 Å². The Bertz CT molecular complexity index is 416. The lowest BCUT2D eigenvalue weighted by atomic mass is 9.88. The second-order valence-corrected chi connectivity index (χ2v) is 6.35. The van der Waals surface area contributed by atoms with Crippen molar-refractivity contribution in [3.05, 3.63) is 33.8 Å². The highest BCUT2D eigenvalue weighted by molar-refractivity contribution is 6.34. The molecule has 2 aliphatic heterocycles. The Morgan fingerprint density at radius 3 is 2.61 bits per heavy atom. The predicted octanol–water partition coefficient (Wildman–Crippen LogP) is 3.03. The topological polar surface area (TPSA) is 15.3 Å². The van der Waals surface area contributed by atoms with Crippen LogP contribution in [0.5, 0.6) is 0 Å². The van der Waals surface area contributed by atoms with Crippen molar-refractivity contribution in [3.8, 4) is 0 Å². The summed E-state index contributed by atoms with van der Waals surface area (Å²) in [6.45, 7) is 5.73. The highest BCUT2D eigenvalue weighted by Crippen LogP contribution is 2.28. The van der Waals surface area contributed by atoms with Gasteiger partial charge in [-0.3, -0.25) is 4.90 Å². The van der Waals surface area contributed by atoms with Gasteiger partial charge in [-0.05, 0) is 61.7 Å². The van der Waals surface area contributed by atoms with Gasteiger partial charge in [0.25, 0.3) is 0 Å². The van der Waals surface area contributed by atoms with E-state index in [0.717, 1.165) is 28.4 Å². The minimum absolute atomic E-state index is 0.731. The zero-order valence-corrected chi connectivity index (χ0v) is 11.8. The van der Waals surface area contributed by atoms with Crippen molar-refractivity contribution in [2.45, 2.75) is 13.0 Å². The maximum Gasteiger partial charge on any atom is 0.0424 e. The molecule has 2 aliphatic rings. The van der Waals surface area contributed by atoms with E-state index in [2.05, 4.69) is 10.2 Å². The van der Waals surface area contributed by atoms with Crippen molar-refractivity contribution in [2.75, 3.05) is 26.2 Å². The van der Waals surface area contributed by atoms with Crippen molar-refractivity contribution < 1.29 is 0 Å². The lowest BCUT2D eigenvalue weighted by Gasteiger charge is -2.34. The normalized spacial score (nSPS) is 28.3. The molecule has 2 unspecified atom stereocenters. The van der Waals surface area contributed by atoms with Crippen molar-refractivity contribution >= 4 is 23.2 Å². The Labute approximate surface area is 118 Å². The Kier molecular flexibility index (Phi) is 3.81. The standard InChI is InChI=1S/C14H18Cl2N2/c15-13-3-10(4-14(16)5-13)8-18-2-1-11-6-17-7-12(11)9-18/h3-5,11-12,17H,1-2,6-9H2. The fourth-order valence-corrected chi connectivity index (χ4v) is 3.79. The van der Waals surface area contributed by atoms with E-state index in [1.807, 2.05) is 12.1 Å². The maximum atomic E-state index is 6.04. The average molecular weight is 285 g/mol. The number of piperidine rings is 1. The van der Waals surface area contributed by atoms with Gasteiger partial charge in [-0.25, -0.2) is 0 Å². The molecule has 98 valence electrons. The predicted molar refractivity (Wildman–Crippen MR) is 76.2 cm³/mol. The zero-order valence-electron chi connectivity index (χ0n) is 10.3. The lowest BCUT2D eigenvalue weighted by Crippen LogP contribution is -2.39. The Balaban J connectivity index is 1.65. The molecular formula is C14H18Cl2N2. The molecule has 0 radical (unpaired) electrons. The fourth-order valence-electron chi connectivity index (χ4n) is 3.21. The molecule has 2 saturated heterocycles.